The molecule has 0 spiro atoms. The van der Waals surface area contributed by atoms with Crippen LogP contribution in [0.1, 0.15) is 10.4 Å². The summed E-state index contributed by atoms with van der Waals surface area (Å²) in [4.78, 5) is 12.6. The largest absolute Gasteiger partial charge is 0.507 e. The molecule has 0 aliphatic heterocycles. The number of aromatic hydroxyl groups is 1. The number of nitrogens with one attached hydrogen (secondary N) is 1. The fourth-order valence-electron chi connectivity index (χ4n) is 3.17. The number of hydrogen-bond acceptors (Lipinski definition) is 2. The smallest absolute Gasteiger partial charge is 0.255 e. The molecule has 0 atom stereocenters. The predicted molar refractivity (Wildman–Crippen MR) is 113 cm³/mol. The number of anilines is 1. The van der Waals surface area contributed by atoms with E-state index >= 15 is 0 Å². The summed E-state index contributed by atoms with van der Waals surface area (Å²) in [5.41, 5.74) is 4.32. The highest BCUT2D eigenvalue weighted by Crippen LogP contribution is 2.40. The predicted octanol–water partition coefficient (Wildman–Crippen LogP) is 5.98. The van der Waals surface area contributed by atoms with E-state index in [9.17, 15) is 9.90 Å². The molecule has 0 aromatic heterocycles. The van der Waals surface area contributed by atoms with Crippen LogP contribution in [0.3, 0.4) is 0 Å². The summed E-state index contributed by atoms with van der Waals surface area (Å²) in [6, 6.07) is 32.0. The van der Waals surface area contributed by atoms with Crippen molar-refractivity contribution in [3.8, 4) is 28.0 Å². The molecule has 3 heteroatoms. The third-order valence-electron chi connectivity index (χ3n) is 4.57. The first-order valence-corrected chi connectivity index (χ1v) is 9.06. The first kappa shape index (κ1) is 17.6. The summed E-state index contributed by atoms with van der Waals surface area (Å²) in [5.74, 6) is -0.000534. The molecule has 0 saturated carbocycles. The summed E-state index contributed by atoms with van der Waals surface area (Å²) in [5, 5.41) is 13.9. The van der Waals surface area contributed by atoms with Crippen molar-refractivity contribution >= 4 is 11.6 Å². The minimum atomic E-state index is -0.190. The van der Waals surface area contributed by atoms with Crippen LogP contribution in [0.2, 0.25) is 0 Å². The maximum absolute atomic E-state index is 12.6. The van der Waals surface area contributed by atoms with Crippen molar-refractivity contribution in [1.82, 2.24) is 0 Å². The van der Waals surface area contributed by atoms with Crippen LogP contribution < -0.4 is 5.32 Å². The molecule has 4 rings (SSSR count). The lowest BCUT2D eigenvalue weighted by Crippen LogP contribution is -2.11. The van der Waals surface area contributed by atoms with Gasteiger partial charge in [-0.3, -0.25) is 4.79 Å². The molecule has 0 saturated heterocycles. The van der Waals surface area contributed by atoms with E-state index in [1.54, 1.807) is 24.3 Å². The van der Waals surface area contributed by atoms with E-state index in [1.165, 1.54) is 0 Å². The second kappa shape index (κ2) is 7.80. The molecule has 0 aliphatic rings. The van der Waals surface area contributed by atoms with Gasteiger partial charge in [0.15, 0.2) is 0 Å². The van der Waals surface area contributed by atoms with Crippen LogP contribution in [-0.2, 0) is 0 Å². The van der Waals surface area contributed by atoms with Gasteiger partial charge in [0.05, 0.1) is 0 Å². The van der Waals surface area contributed by atoms with Gasteiger partial charge in [-0.2, -0.15) is 0 Å². The average molecular weight is 365 g/mol. The number of benzene rings is 4. The Morgan fingerprint density at radius 3 is 1.54 bits per heavy atom. The second-order valence-corrected chi connectivity index (χ2v) is 6.47. The van der Waals surface area contributed by atoms with Gasteiger partial charge >= 0.3 is 0 Å². The molecule has 0 aliphatic carbocycles. The second-order valence-electron chi connectivity index (χ2n) is 6.47. The van der Waals surface area contributed by atoms with Crippen LogP contribution in [0.25, 0.3) is 22.3 Å². The van der Waals surface area contributed by atoms with Gasteiger partial charge in [-0.05, 0) is 35.4 Å². The first-order valence-electron chi connectivity index (χ1n) is 9.06. The van der Waals surface area contributed by atoms with Crippen LogP contribution in [0.5, 0.6) is 5.75 Å². The van der Waals surface area contributed by atoms with Gasteiger partial charge in [0.25, 0.3) is 5.91 Å². The van der Waals surface area contributed by atoms with Crippen LogP contribution >= 0.6 is 0 Å². The molecular weight excluding hydrogens is 346 g/mol. The van der Waals surface area contributed by atoms with Gasteiger partial charge in [0, 0.05) is 22.4 Å². The molecule has 0 radical (unpaired) electrons. The third kappa shape index (κ3) is 3.64. The molecule has 3 nitrogen and oxygen atoms in total. The molecule has 1 amide bonds. The summed E-state index contributed by atoms with van der Waals surface area (Å²) in [6.45, 7) is 0. The van der Waals surface area contributed by atoms with Crippen molar-refractivity contribution in [2.45, 2.75) is 0 Å². The van der Waals surface area contributed by atoms with E-state index in [1.807, 2.05) is 78.9 Å². The van der Waals surface area contributed by atoms with Crippen molar-refractivity contribution < 1.29 is 9.90 Å². The van der Waals surface area contributed by atoms with E-state index in [0.29, 0.717) is 22.4 Å². The lowest BCUT2D eigenvalue weighted by molar-refractivity contribution is 0.102. The lowest BCUT2D eigenvalue weighted by Gasteiger charge is -2.15. The minimum absolute atomic E-state index is 0.190. The molecule has 4 aromatic rings. The summed E-state index contributed by atoms with van der Waals surface area (Å²) >= 11 is 0. The van der Waals surface area contributed by atoms with Crippen LogP contribution in [0, 0.1) is 0 Å². The number of phenolic OH excluding ortho intramolecular Hbond substituents is 1. The SMILES string of the molecule is O=C(Nc1cc(-c2ccccc2)c(O)c(-c2ccccc2)c1)c1ccccc1. The Hall–Kier alpha value is -3.85. The number of carbonyl (C=O) groups is 1. The summed E-state index contributed by atoms with van der Waals surface area (Å²) in [6.07, 6.45) is 0. The van der Waals surface area contributed by atoms with Crippen LogP contribution in [0.15, 0.2) is 103 Å². The number of phenols is 1. The Balaban J connectivity index is 1.81. The molecular formula is C25H19NO2. The highest BCUT2D eigenvalue weighted by molar-refractivity contribution is 6.05. The van der Waals surface area contributed by atoms with Crippen LogP contribution in [-0.4, -0.2) is 11.0 Å². The van der Waals surface area contributed by atoms with Gasteiger partial charge in [-0.25, -0.2) is 0 Å². The van der Waals surface area contributed by atoms with Gasteiger partial charge in [-0.1, -0.05) is 78.9 Å². The Kier molecular flexibility index (Phi) is 4.89. The number of carbonyl (C=O) groups excluding carboxylic acids is 1. The normalized spacial score (nSPS) is 10.4. The Bertz CT molecular complexity index is 1030. The minimum Gasteiger partial charge on any atom is -0.507 e. The van der Waals surface area contributed by atoms with E-state index < -0.39 is 0 Å². The molecule has 136 valence electrons. The summed E-state index contributed by atoms with van der Waals surface area (Å²) < 4.78 is 0. The first-order chi connectivity index (χ1) is 13.7. The molecule has 0 bridgehead atoms. The monoisotopic (exact) mass is 365 g/mol. The van der Waals surface area contributed by atoms with Crippen LogP contribution in [0.4, 0.5) is 5.69 Å². The van der Waals surface area contributed by atoms with Crippen molar-refractivity contribution in [3.63, 3.8) is 0 Å². The molecule has 0 fully saturated rings. The van der Waals surface area contributed by atoms with E-state index in [4.69, 9.17) is 0 Å². The Labute approximate surface area is 163 Å². The molecule has 4 aromatic carbocycles. The van der Waals surface area contributed by atoms with Crippen molar-refractivity contribution in [2.75, 3.05) is 5.32 Å². The van der Waals surface area contributed by atoms with Crippen molar-refractivity contribution in [3.05, 3.63) is 109 Å². The topological polar surface area (TPSA) is 49.3 Å². The third-order valence-corrected chi connectivity index (χ3v) is 4.57. The standard InChI is InChI=1S/C25H19NO2/c27-24-22(18-10-4-1-5-11-18)16-21(17-23(24)19-12-6-2-7-13-19)26-25(28)20-14-8-3-9-15-20/h1-17,27H,(H,26,28). The molecule has 0 heterocycles. The quantitative estimate of drug-likeness (QED) is 0.437. The number of rotatable bonds is 4. The van der Waals surface area contributed by atoms with Crippen molar-refractivity contribution in [2.24, 2.45) is 0 Å². The maximum Gasteiger partial charge on any atom is 0.255 e. The van der Waals surface area contributed by atoms with Gasteiger partial charge < -0.3 is 10.4 Å². The van der Waals surface area contributed by atoms with Gasteiger partial charge in [0.2, 0.25) is 0 Å². The zero-order valence-corrected chi connectivity index (χ0v) is 15.2. The lowest BCUT2D eigenvalue weighted by atomic mass is 9.96. The van der Waals surface area contributed by atoms with Gasteiger partial charge in [0.1, 0.15) is 5.75 Å². The Morgan fingerprint density at radius 1 is 0.643 bits per heavy atom. The zero-order chi connectivity index (χ0) is 19.3. The molecule has 28 heavy (non-hydrogen) atoms. The average Bonchev–Trinajstić information content (AvgIpc) is 2.76. The highest BCUT2D eigenvalue weighted by Gasteiger charge is 2.15. The number of amides is 1. The Morgan fingerprint density at radius 2 is 1.07 bits per heavy atom. The number of hydrogen-bond donors (Lipinski definition) is 2. The molecule has 0 unspecified atom stereocenters. The van der Waals surface area contributed by atoms with E-state index in [2.05, 4.69) is 5.32 Å². The zero-order valence-electron chi connectivity index (χ0n) is 15.2. The van der Waals surface area contributed by atoms with E-state index in [0.717, 1.165) is 11.1 Å². The maximum atomic E-state index is 12.6. The fraction of sp³-hybridized carbons (Fsp3) is 0. The van der Waals surface area contributed by atoms with Crippen molar-refractivity contribution in [1.29, 1.82) is 0 Å². The summed E-state index contributed by atoms with van der Waals surface area (Å²) in [7, 11) is 0. The van der Waals surface area contributed by atoms with E-state index in [-0.39, 0.29) is 11.7 Å². The highest BCUT2D eigenvalue weighted by atomic mass is 16.3. The fourth-order valence-corrected chi connectivity index (χ4v) is 3.17. The molecule has 2 N–H and O–H groups in total. The van der Waals surface area contributed by atoms with Gasteiger partial charge in [-0.15, -0.1) is 0 Å².